The van der Waals surface area contributed by atoms with Crippen molar-refractivity contribution in [3.05, 3.63) is 108 Å². The summed E-state index contributed by atoms with van der Waals surface area (Å²) in [6.45, 7) is 13.6. The zero-order valence-electron chi connectivity index (χ0n) is 23.5. The van der Waals surface area contributed by atoms with E-state index in [-0.39, 0.29) is 11.0 Å². The molecule has 0 unspecified atom stereocenters. The van der Waals surface area contributed by atoms with E-state index in [4.69, 9.17) is 9.31 Å². The zero-order chi connectivity index (χ0) is 26.9. The molecule has 5 rings (SSSR count). The van der Waals surface area contributed by atoms with Gasteiger partial charge in [-0.1, -0.05) is 81.4 Å². The van der Waals surface area contributed by atoms with Gasteiger partial charge in [-0.05, 0) is 91.3 Å². The smallest absolute Gasteiger partial charge is 0.408 e. The highest BCUT2D eigenvalue weighted by Gasteiger charge is 2.36. The number of anilines is 3. The van der Waals surface area contributed by atoms with E-state index >= 15 is 0 Å². The molecular formula is C34H38BNO2. The number of rotatable bonds is 9. The molecule has 0 aliphatic heterocycles. The average molecular weight is 503 g/mol. The van der Waals surface area contributed by atoms with Crippen LogP contribution in [0.3, 0.4) is 0 Å². The fraction of sp³-hybridized carbons (Fsp3) is 0.294. The first kappa shape index (κ1) is 26.3. The molecule has 0 aromatic heterocycles. The van der Waals surface area contributed by atoms with Crippen molar-refractivity contribution in [3.8, 4) is 11.1 Å². The molecule has 0 atom stereocenters. The molecular weight excluding hydrogens is 465 g/mol. The summed E-state index contributed by atoms with van der Waals surface area (Å²) in [5.74, 6) is 0. The van der Waals surface area contributed by atoms with Gasteiger partial charge in [-0.15, -0.1) is 0 Å². The lowest BCUT2D eigenvalue weighted by atomic mass is 9.77. The second kappa shape index (κ2) is 10.4. The summed E-state index contributed by atoms with van der Waals surface area (Å²) in [4.78, 5) is 2.33. The summed E-state index contributed by atoms with van der Waals surface area (Å²) in [6.07, 6.45) is 0.912. The van der Waals surface area contributed by atoms with E-state index in [0.29, 0.717) is 6.61 Å². The van der Waals surface area contributed by atoms with Gasteiger partial charge in [-0.2, -0.15) is 0 Å². The maximum Gasteiger partial charge on any atom is 0.494 e. The Morgan fingerprint density at radius 1 is 0.711 bits per heavy atom. The lowest BCUT2D eigenvalue weighted by Crippen LogP contribution is -2.43. The first-order valence-electron chi connectivity index (χ1n) is 13.7. The van der Waals surface area contributed by atoms with Gasteiger partial charge < -0.3 is 14.2 Å². The first-order valence-corrected chi connectivity index (χ1v) is 13.7. The van der Waals surface area contributed by atoms with Crippen LogP contribution in [0.5, 0.6) is 0 Å². The first-order chi connectivity index (χ1) is 18.2. The molecule has 0 spiro atoms. The molecule has 0 saturated heterocycles. The van der Waals surface area contributed by atoms with Gasteiger partial charge in [0.25, 0.3) is 0 Å². The molecule has 0 saturated carbocycles. The number of para-hydroxylation sites is 1. The van der Waals surface area contributed by atoms with Crippen LogP contribution in [0, 0.1) is 0 Å². The molecule has 3 nitrogen and oxygen atoms in total. The maximum absolute atomic E-state index is 6.35. The van der Waals surface area contributed by atoms with E-state index in [1.807, 2.05) is 6.92 Å². The summed E-state index contributed by atoms with van der Waals surface area (Å²) in [7, 11) is -0.395. The molecule has 0 heterocycles. The monoisotopic (exact) mass is 503 g/mol. The van der Waals surface area contributed by atoms with E-state index in [9.17, 15) is 0 Å². The molecule has 194 valence electrons. The van der Waals surface area contributed by atoms with E-state index in [0.717, 1.165) is 28.9 Å². The highest BCUT2D eigenvalue weighted by atomic mass is 16.6. The highest BCUT2D eigenvalue weighted by molar-refractivity contribution is 6.61. The molecule has 0 N–H and O–H groups in total. The van der Waals surface area contributed by atoms with Crippen LogP contribution in [0.1, 0.15) is 59.1 Å². The van der Waals surface area contributed by atoms with Crippen molar-refractivity contribution in [2.45, 2.75) is 59.0 Å². The summed E-state index contributed by atoms with van der Waals surface area (Å²) in [5, 5.41) is 0. The number of hydrogen-bond donors (Lipinski definition) is 0. The third-order valence-electron chi connectivity index (χ3n) is 7.86. The van der Waals surface area contributed by atoms with Gasteiger partial charge in [0.15, 0.2) is 0 Å². The third kappa shape index (κ3) is 4.91. The fourth-order valence-corrected chi connectivity index (χ4v) is 5.36. The van der Waals surface area contributed by atoms with Gasteiger partial charge >= 0.3 is 7.12 Å². The van der Waals surface area contributed by atoms with Crippen molar-refractivity contribution in [1.82, 2.24) is 0 Å². The molecule has 0 radical (unpaired) electrons. The number of benzene rings is 4. The predicted molar refractivity (Wildman–Crippen MR) is 161 cm³/mol. The molecule has 0 bridgehead atoms. The van der Waals surface area contributed by atoms with Gasteiger partial charge in [-0.3, -0.25) is 0 Å². The lowest BCUT2D eigenvalue weighted by Gasteiger charge is -2.29. The van der Waals surface area contributed by atoms with Crippen LogP contribution >= 0.6 is 0 Å². The summed E-state index contributed by atoms with van der Waals surface area (Å²) in [6, 6.07) is 34.9. The van der Waals surface area contributed by atoms with Crippen LogP contribution in [-0.4, -0.2) is 19.3 Å². The SMILES string of the molecule is CCOB(OC(C)(C)CC)c1ccc(N(c2ccccc2)c2ccc3c(c2)C(C)(C)c2ccccc2-3)cc1. The van der Waals surface area contributed by atoms with Crippen LogP contribution < -0.4 is 10.4 Å². The molecule has 4 aromatic rings. The van der Waals surface area contributed by atoms with Crippen molar-refractivity contribution in [2.24, 2.45) is 0 Å². The maximum atomic E-state index is 6.35. The number of hydrogen-bond acceptors (Lipinski definition) is 3. The van der Waals surface area contributed by atoms with Gasteiger partial charge in [-0.25, -0.2) is 0 Å². The van der Waals surface area contributed by atoms with E-state index in [1.165, 1.54) is 22.3 Å². The topological polar surface area (TPSA) is 21.7 Å². The van der Waals surface area contributed by atoms with Crippen molar-refractivity contribution >= 4 is 29.6 Å². The predicted octanol–water partition coefficient (Wildman–Crippen LogP) is 8.40. The standard InChI is InChI=1S/C34H38BNO2/c1-7-33(3,4)38-35(37-8-2)25-18-20-27(21-19-25)36(26-14-10-9-11-15-26)28-22-23-30-29-16-12-13-17-31(29)34(5,6)32(30)24-28/h9-24H,7-8H2,1-6H3. The van der Waals surface area contributed by atoms with Gasteiger partial charge in [0.2, 0.25) is 0 Å². The van der Waals surface area contributed by atoms with Crippen LogP contribution in [0.25, 0.3) is 11.1 Å². The summed E-state index contributed by atoms with van der Waals surface area (Å²) in [5.41, 5.74) is 9.49. The Morgan fingerprint density at radius 2 is 1.32 bits per heavy atom. The van der Waals surface area contributed by atoms with Crippen molar-refractivity contribution < 1.29 is 9.31 Å². The van der Waals surface area contributed by atoms with Crippen molar-refractivity contribution in [3.63, 3.8) is 0 Å². The molecule has 1 aliphatic carbocycles. The van der Waals surface area contributed by atoms with Crippen LogP contribution in [0.2, 0.25) is 0 Å². The lowest BCUT2D eigenvalue weighted by molar-refractivity contribution is 0.0706. The largest absolute Gasteiger partial charge is 0.494 e. The van der Waals surface area contributed by atoms with Crippen LogP contribution in [-0.2, 0) is 14.7 Å². The fourth-order valence-electron chi connectivity index (χ4n) is 5.36. The third-order valence-corrected chi connectivity index (χ3v) is 7.86. The minimum atomic E-state index is -0.395. The molecule has 1 aliphatic rings. The Kier molecular flexibility index (Phi) is 7.22. The van der Waals surface area contributed by atoms with E-state index in [1.54, 1.807) is 0 Å². The van der Waals surface area contributed by atoms with Crippen LogP contribution in [0.15, 0.2) is 97.1 Å². The zero-order valence-corrected chi connectivity index (χ0v) is 23.5. The second-order valence-electron chi connectivity index (χ2n) is 11.2. The Hall–Kier alpha value is -3.34. The second-order valence-corrected chi connectivity index (χ2v) is 11.2. The minimum absolute atomic E-state index is 0.0533. The highest BCUT2D eigenvalue weighted by Crippen LogP contribution is 2.50. The van der Waals surface area contributed by atoms with Gasteiger partial charge in [0, 0.05) is 34.7 Å². The number of nitrogens with zero attached hydrogens (tertiary/aromatic N) is 1. The quantitative estimate of drug-likeness (QED) is 0.214. The summed E-state index contributed by atoms with van der Waals surface area (Å²) < 4.78 is 12.4. The molecule has 4 aromatic carbocycles. The molecule has 38 heavy (non-hydrogen) atoms. The Bertz CT molecular complexity index is 1400. The van der Waals surface area contributed by atoms with Crippen LogP contribution in [0.4, 0.5) is 17.1 Å². The number of fused-ring (bicyclic) bond motifs is 3. The average Bonchev–Trinajstić information content (AvgIpc) is 3.16. The molecule has 4 heteroatoms. The Morgan fingerprint density at radius 3 is 2.00 bits per heavy atom. The van der Waals surface area contributed by atoms with Gasteiger partial charge in [0.1, 0.15) is 0 Å². The van der Waals surface area contributed by atoms with Crippen molar-refractivity contribution in [2.75, 3.05) is 11.5 Å². The van der Waals surface area contributed by atoms with E-state index < -0.39 is 7.12 Å². The van der Waals surface area contributed by atoms with E-state index in [2.05, 4.69) is 137 Å². The molecule has 0 fully saturated rings. The Balaban J connectivity index is 1.55. The Labute approximate surface area is 228 Å². The minimum Gasteiger partial charge on any atom is -0.408 e. The molecule has 0 amide bonds. The van der Waals surface area contributed by atoms with Crippen molar-refractivity contribution in [1.29, 1.82) is 0 Å². The van der Waals surface area contributed by atoms with Gasteiger partial charge in [0.05, 0.1) is 0 Å². The normalized spacial score (nSPS) is 13.6. The summed E-state index contributed by atoms with van der Waals surface area (Å²) >= 11 is 0.